The molecule has 2 atom stereocenters. The van der Waals surface area contributed by atoms with Gasteiger partial charge in [0.25, 0.3) is 0 Å². The quantitative estimate of drug-likeness (QED) is 0.605. The van der Waals surface area contributed by atoms with Gasteiger partial charge >= 0.3 is 0 Å². The molecule has 0 nitrogen and oxygen atoms in total. The molecule has 0 heteroatoms. The van der Waals surface area contributed by atoms with Gasteiger partial charge in [0.1, 0.15) is 0 Å². The fourth-order valence-electron chi connectivity index (χ4n) is 4.15. The summed E-state index contributed by atoms with van der Waals surface area (Å²) in [7, 11) is 0. The number of benzene rings is 1. The Balaban J connectivity index is 2.40. The molecule has 19 heavy (non-hydrogen) atoms. The number of rotatable bonds is 1. The van der Waals surface area contributed by atoms with Crippen LogP contribution in [0.4, 0.5) is 0 Å². The van der Waals surface area contributed by atoms with Crippen molar-refractivity contribution in [1.82, 2.24) is 0 Å². The van der Waals surface area contributed by atoms with E-state index in [1.54, 1.807) is 11.1 Å². The molecule has 1 aromatic rings. The van der Waals surface area contributed by atoms with Crippen LogP contribution < -0.4 is 0 Å². The lowest BCUT2D eigenvalue weighted by atomic mass is 9.66. The molecule has 0 spiro atoms. The van der Waals surface area contributed by atoms with Crippen molar-refractivity contribution in [3.63, 3.8) is 0 Å². The lowest BCUT2D eigenvalue weighted by molar-refractivity contribution is 0.175. The van der Waals surface area contributed by atoms with Crippen molar-refractivity contribution in [3.05, 3.63) is 33.9 Å². The summed E-state index contributed by atoms with van der Waals surface area (Å²) in [4.78, 5) is 0. The third kappa shape index (κ3) is 2.59. The first-order valence-electron chi connectivity index (χ1n) is 7.90. The van der Waals surface area contributed by atoms with Crippen molar-refractivity contribution in [1.29, 1.82) is 0 Å². The van der Waals surface area contributed by atoms with Crippen molar-refractivity contribution in [2.24, 2.45) is 17.8 Å². The monoisotopic (exact) mass is 258 g/mol. The second-order valence-corrected chi connectivity index (χ2v) is 7.16. The maximum absolute atomic E-state index is 2.44. The molecule has 0 aromatic heterocycles. The van der Waals surface area contributed by atoms with Gasteiger partial charge in [-0.1, -0.05) is 26.8 Å². The maximum Gasteiger partial charge on any atom is -0.0151 e. The molecule has 0 aliphatic heterocycles. The Morgan fingerprint density at radius 2 is 1.32 bits per heavy atom. The first-order valence-corrected chi connectivity index (χ1v) is 7.90. The fourth-order valence-corrected chi connectivity index (χ4v) is 4.15. The number of aryl methyl sites for hydroxylation is 2. The minimum atomic E-state index is 0.778. The summed E-state index contributed by atoms with van der Waals surface area (Å²) in [6.45, 7) is 16.5. The van der Waals surface area contributed by atoms with E-state index in [0.717, 1.165) is 23.7 Å². The molecular formula is C19H30. The summed E-state index contributed by atoms with van der Waals surface area (Å²) in [5.41, 5.74) is 7.67. The van der Waals surface area contributed by atoms with E-state index < -0.39 is 0 Å². The largest absolute Gasteiger partial charge is 0.0622 e. The van der Waals surface area contributed by atoms with Gasteiger partial charge < -0.3 is 0 Å². The van der Waals surface area contributed by atoms with Gasteiger partial charge in [0.05, 0.1) is 0 Å². The van der Waals surface area contributed by atoms with E-state index in [2.05, 4.69) is 54.5 Å². The normalized spacial score (nSPS) is 31.5. The molecule has 0 radical (unpaired) electrons. The molecule has 1 aliphatic rings. The van der Waals surface area contributed by atoms with Crippen LogP contribution in [0.1, 0.15) is 67.3 Å². The molecule has 1 aliphatic carbocycles. The first kappa shape index (κ1) is 14.6. The van der Waals surface area contributed by atoms with Crippen molar-refractivity contribution in [2.45, 2.75) is 67.2 Å². The molecule has 2 rings (SSSR count). The van der Waals surface area contributed by atoms with Gasteiger partial charge in [0, 0.05) is 0 Å². The molecule has 1 aromatic carbocycles. The Kier molecular flexibility index (Phi) is 4.08. The number of hydrogen-bond donors (Lipinski definition) is 0. The van der Waals surface area contributed by atoms with Crippen LogP contribution in [-0.4, -0.2) is 0 Å². The van der Waals surface area contributed by atoms with Crippen molar-refractivity contribution < 1.29 is 0 Å². The molecule has 0 bridgehead atoms. The van der Waals surface area contributed by atoms with E-state index in [1.165, 1.54) is 29.5 Å². The third-order valence-electron chi connectivity index (χ3n) is 5.93. The molecule has 0 saturated heterocycles. The van der Waals surface area contributed by atoms with Crippen LogP contribution in [0.15, 0.2) is 6.07 Å². The van der Waals surface area contributed by atoms with Gasteiger partial charge in [-0.2, -0.15) is 0 Å². The molecule has 0 heterocycles. The SMILES string of the molecule is Cc1cc(C)c(C2CC(C)C(C)C(C)C2)c(C)c1C. The van der Waals surface area contributed by atoms with Crippen molar-refractivity contribution in [3.8, 4) is 0 Å². The lowest BCUT2D eigenvalue weighted by Crippen LogP contribution is -2.27. The average molecular weight is 258 g/mol. The highest BCUT2D eigenvalue weighted by Gasteiger charge is 2.32. The highest BCUT2D eigenvalue weighted by atomic mass is 14.4. The lowest BCUT2D eigenvalue weighted by Gasteiger charge is -2.39. The average Bonchev–Trinajstić information content (AvgIpc) is 2.33. The minimum absolute atomic E-state index is 0.778. The topological polar surface area (TPSA) is 0 Å². The second kappa shape index (κ2) is 5.31. The Morgan fingerprint density at radius 1 is 0.789 bits per heavy atom. The van der Waals surface area contributed by atoms with Crippen LogP contribution in [0, 0.1) is 45.4 Å². The first-order chi connectivity index (χ1) is 8.82. The minimum Gasteiger partial charge on any atom is -0.0622 e. The third-order valence-corrected chi connectivity index (χ3v) is 5.93. The van der Waals surface area contributed by atoms with Gasteiger partial charge in [0.15, 0.2) is 0 Å². The molecule has 0 N–H and O–H groups in total. The van der Waals surface area contributed by atoms with Crippen LogP contribution >= 0.6 is 0 Å². The van der Waals surface area contributed by atoms with Crippen LogP contribution in [-0.2, 0) is 0 Å². The molecule has 0 amide bonds. The zero-order valence-corrected chi connectivity index (χ0v) is 13.8. The smallest absolute Gasteiger partial charge is 0.0151 e. The van der Waals surface area contributed by atoms with E-state index in [9.17, 15) is 0 Å². The van der Waals surface area contributed by atoms with Crippen LogP contribution in [0.25, 0.3) is 0 Å². The Bertz CT molecular complexity index is 457. The Hall–Kier alpha value is -0.780. The van der Waals surface area contributed by atoms with E-state index in [1.807, 2.05) is 0 Å². The van der Waals surface area contributed by atoms with E-state index >= 15 is 0 Å². The summed E-state index contributed by atoms with van der Waals surface area (Å²) < 4.78 is 0. The highest BCUT2D eigenvalue weighted by molar-refractivity contribution is 5.46. The van der Waals surface area contributed by atoms with Gasteiger partial charge in [-0.05, 0) is 92.0 Å². The summed E-state index contributed by atoms with van der Waals surface area (Å²) in [6, 6.07) is 2.39. The molecule has 106 valence electrons. The zero-order chi connectivity index (χ0) is 14.3. The number of hydrogen-bond acceptors (Lipinski definition) is 0. The van der Waals surface area contributed by atoms with Crippen LogP contribution in [0.5, 0.6) is 0 Å². The van der Waals surface area contributed by atoms with E-state index in [-0.39, 0.29) is 0 Å². The van der Waals surface area contributed by atoms with Gasteiger partial charge in [-0.3, -0.25) is 0 Å². The molecule has 2 unspecified atom stereocenters. The zero-order valence-electron chi connectivity index (χ0n) is 13.8. The summed E-state index contributed by atoms with van der Waals surface area (Å²) >= 11 is 0. The molecular weight excluding hydrogens is 228 g/mol. The molecule has 1 saturated carbocycles. The predicted molar refractivity (Wildman–Crippen MR) is 84.9 cm³/mol. The van der Waals surface area contributed by atoms with Crippen LogP contribution in [0.3, 0.4) is 0 Å². The van der Waals surface area contributed by atoms with E-state index in [4.69, 9.17) is 0 Å². The van der Waals surface area contributed by atoms with E-state index in [0.29, 0.717) is 0 Å². The fraction of sp³-hybridized carbons (Fsp3) is 0.684. The van der Waals surface area contributed by atoms with Crippen molar-refractivity contribution >= 4 is 0 Å². The van der Waals surface area contributed by atoms with Gasteiger partial charge in [-0.15, -0.1) is 0 Å². The summed E-state index contributed by atoms with van der Waals surface area (Å²) in [5, 5.41) is 0. The standard InChI is InChI=1S/C19H30/c1-11-8-14(4)19(17(7)16(11)6)18-9-12(2)15(5)13(3)10-18/h8,12-13,15,18H,9-10H2,1-7H3. The predicted octanol–water partition coefficient (Wildman–Crippen LogP) is 5.71. The Morgan fingerprint density at radius 3 is 1.84 bits per heavy atom. The summed E-state index contributed by atoms with van der Waals surface area (Å²) in [6.07, 6.45) is 2.74. The second-order valence-electron chi connectivity index (χ2n) is 7.16. The Labute approximate surface area is 119 Å². The van der Waals surface area contributed by atoms with Crippen LogP contribution in [0.2, 0.25) is 0 Å². The van der Waals surface area contributed by atoms with Crippen molar-refractivity contribution in [2.75, 3.05) is 0 Å². The highest BCUT2D eigenvalue weighted by Crippen LogP contribution is 2.44. The molecule has 1 fully saturated rings. The van der Waals surface area contributed by atoms with Gasteiger partial charge in [0.2, 0.25) is 0 Å². The maximum atomic E-state index is 2.44. The van der Waals surface area contributed by atoms with Gasteiger partial charge in [-0.25, -0.2) is 0 Å². The summed E-state index contributed by atoms with van der Waals surface area (Å²) in [5.74, 6) is 3.37.